The molecule has 1 rings (SSSR count). The number of carbonyl (C=O) groups is 2. The molecule has 13 heteroatoms. The van der Waals surface area contributed by atoms with E-state index in [1.165, 1.54) is 38.5 Å². The highest BCUT2D eigenvalue weighted by Gasteiger charge is 2.46. The first-order valence-corrected chi connectivity index (χ1v) is 23.8. The fourth-order valence-electron chi connectivity index (χ4n) is 6.38. The molecule has 336 valence electrons. The molecule has 0 aliphatic carbocycles. The second kappa shape index (κ2) is 35.4. The minimum atomic E-state index is -4.61. The van der Waals surface area contributed by atoms with Crippen molar-refractivity contribution in [3.05, 3.63) is 48.6 Å². The van der Waals surface area contributed by atoms with Crippen LogP contribution in [-0.2, 0) is 38.7 Å². The average Bonchev–Trinajstić information content (AvgIpc) is 3.18. The van der Waals surface area contributed by atoms with Gasteiger partial charge in [0, 0.05) is 12.8 Å². The van der Waals surface area contributed by atoms with E-state index in [9.17, 15) is 37.9 Å². The van der Waals surface area contributed by atoms with E-state index in [2.05, 4.69) is 62.5 Å². The molecule has 1 aliphatic heterocycles. The first-order chi connectivity index (χ1) is 28.0. The Morgan fingerprint density at radius 1 is 0.586 bits per heavy atom. The van der Waals surface area contributed by atoms with E-state index in [-0.39, 0.29) is 19.4 Å². The Hall–Kier alpha value is -2.39. The summed E-state index contributed by atoms with van der Waals surface area (Å²) in [4.78, 5) is 25.4. The quantitative estimate of drug-likeness (QED) is 0.0204. The van der Waals surface area contributed by atoms with Crippen molar-refractivity contribution in [3.8, 4) is 0 Å². The molecule has 1 aliphatic rings. The summed E-state index contributed by atoms with van der Waals surface area (Å²) in [6.07, 6.45) is 31.5. The highest BCUT2D eigenvalue weighted by molar-refractivity contribution is 7.85. The third kappa shape index (κ3) is 29.8. The van der Waals surface area contributed by atoms with Crippen molar-refractivity contribution < 1.29 is 56.8 Å². The molecular formula is C45H78O12S. The summed E-state index contributed by atoms with van der Waals surface area (Å²) >= 11 is 0. The number of ether oxygens (including phenoxy) is 4. The second-order valence-corrected chi connectivity index (χ2v) is 16.9. The zero-order valence-electron chi connectivity index (χ0n) is 35.6. The van der Waals surface area contributed by atoms with E-state index < -0.39 is 71.2 Å². The summed E-state index contributed by atoms with van der Waals surface area (Å²) in [6.45, 7) is 3.67. The van der Waals surface area contributed by atoms with Crippen molar-refractivity contribution in [1.29, 1.82) is 0 Å². The van der Waals surface area contributed by atoms with Crippen LogP contribution in [0.25, 0.3) is 0 Å². The minimum absolute atomic E-state index is 0.144. The Bertz CT molecular complexity index is 1260. The van der Waals surface area contributed by atoms with Crippen LogP contribution in [0.2, 0.25) is 0 Å². The lowest BCUT2D eigenvalue weighted by atomic mass is 10.00. The lowest BCUT2D eigenvalue weighted by Gasteiger charge is -2.40. The van der Waals surface area contributed by atoms with Gasteiger partial charge in [0.2, 0.25) is 0 Å². The van der Waals surface area contributed by atoms with Crippen LogP contribution in [0.15, 0.2) is 48.6 Å². The van der Waals surface area contributed by atoms with Gasteiger partial charge in [0.25, 0.3) is 10.1 Å². The van der Waals surface area contributed by atoms with Crippen LogP contribution in [0, 0.1) is 0 Å². The highest BCUT2D eigenvalue weighted by Crippen LogP contribution is 2.24. The van der Waals surface area contributed by atoms with Crippen LogP contribution in [0.4, 0.5) is 0 Å². The first kappa shape index (κ1) is 53.6. The van der Waals surface area contributed by atoms with Crippen LogP contribution in [0.5, 0.6) is 0 Å². The van der Waals surface area contributed by atoms with Crippen LogP contribution < -0.4 is 0 Å². The van der Waals surface area contributed by atoms with Gasteiger partial charge in [-0.25, -0.2) is 0 Å². The molecule has 0 aromatic rings. The lowest BCUT2D eigenvalue weighted by molar-refractivity contribution is -0.297. The second-order valence-electron chi connectivity index (χ2n) is 15.4. The molecule has 0 bridgehead atoms. The summed E-state index contributed by atoms with van der Waals surface area (Å²) in [5.74, 6) is -2.02. The Morgan fingerprint density at radius 2 is 1.03 bits per heavy atom. The summed E-state index contributed by atoms with van der Waals surface area (Å²) in [6, 6.07) is 0. The van der Waals surface area contributed by atoms with Gasteiger partial charge in [-0.3, -0.25) is 14.1 Å². The van der Waals surface area contributed by atoms with Crippen molar-refractivity contribution in [2.24, 2.45) is 0 Å². The molecule has 0 radical (unpaired) electrons. The molecule has 6 unspecified atom stereocenters. The van der Waals surface area contributed by atoms with Gasteiger partial charge in [-0.1, -0.05) is 127 Å². The van der Waals surface area contributed by atoms with Crippen LogP contribution in [0.1, 0.15) is 168 Å². The predicted molar refractivity (Wildman–Crippen MR) is 229 cm³/mol. The predicted octanol–water partition coefficient (Wildman–Crippen LogP) is 8.78. The zero-order valence-corrected chi connectivity index (χ0v) is 36.5. The number of carbonyl (C=O) groups excluding carboxylic acids is 2. The normalized spacial score (nSPS) is 20.8. The van der Waals surface area contributed by atoms with Crippen molar-refractivity contribution in [2.75, 3.05) is 19.0 Å². The van der Waals surface area contributed by atoms with Gasteiger partial charge < -0.3 is 34.3 Å². The molecule has 12 nitrogen and oxygen atoms in total. The maximum Gasteiger partial charge on any atom is 0.306 e. The number of unbranched alkanes of at least 4 members (excludes halogenated alkanes) is 16. The highest BCUT2D eigenvalue weighted by atomic mass is 32.2. The lowest BCUT2D eigenvalue weighted by Crippen LogP contribution is -2.60. The third-order valence-corrected chi connectivity index (χ3v) is 10.6. The summed E-state index contributed by atoms with van der Waals surface area (Å²) in [7, 11) is -4.61. The van der Waals surface area contributed by atoms with Crippen molar-refractivity contribution in [2.45, 2.75) is 205 Å². The van der Waals surface area contributed by atoms with Gasteiger partial charge in [-0.05, 0) is 77.0 Å². The van der Waals surface area contributed by atoms with E-state index in [0.717, 1.165) is 89.9 Å². The molecule has 1 fully saturated rings. The number of allylic oxidation sites excluding steroid dienone is 8. The van der Waals surface area contributed by atoms with Crippen LogP contribution in [-0.4, -0.2) is 96.0 Å². The molecular weight excluding hydrogens is 765 g/mol. The molecule has 0 amide bonds. The maximum absolute atomic E-state index is 12.8. The monoisotopic (exact) mass is 843 g/mol. The summed E-state index contributed by atoms with van der Waals surface area (Å²) < 4.78 is 54.0. The van der Waals surface area contributed by atoms with Crippen molar-refractivity contribution in [1.82, 2.24) is 0 Å². The summed E-state index contributed by atoms with van der Waals surface area (Å²) in [5, 5.41) is 30.9. The zero-order chi connectivity index (χ0) is 42.7. The largest absolute Gasteiger partial charge is 0.462 e. The number of aliphatic hydroxyl groups is 3. The minimum Gasteiger partial charge on any atom is -0.462 e. The van der Waals surface area contributed by atoms with Crippen LogP contribution >= 0.6 is 0 Å². The molecule has 4 N–H and O–H groups in total. The fourth-order valence-corrected chi connectivity index (χ4v) is 7.07. The van der Waals surface area contributed by atoms with Gasteiger partial charge in [0.05, 0.1) is 6.61 Å². The standard InChI is InChI=1S/C45H78O12S/c1-3-5-7-9-11-13-15-17-19-21-23-25-27-29-31-33-40(46)54-35-38(36-55-45-44(50)43(49)42(48)39(57-45)37-58(51,52)53)56-41(47)34-32-30-28-26-24-22-20-18-16-14-12-10-8-6-4-2/h11-14,17-20,38-39,42-45,48-50H,3-10,15-16,21-37H2,1-2H3,(H,51,52,53)/b13-11+,14-12+,19-17+,20-18+. The van der Waals surface area contributed by atoms with E-state index in [1.807, 2.05) is 0 Å². The van der Waals surface area contributed by atoms with Gasteiger partial charge in [-0.2, -0.15) is 8.42 Å². The van der Waals surface area contributed by atoms with E-state index in [0.29, 0.717) is 12.8 Å². The summed E-state index contributed by atoms with van der Waals surface area (Å²) in [5.41, 5.74) is 0. The van der Waals surface area contributed by atoms with E-state index >= 15 is 0 Å². The Kier molecular flexibility index (Phi) is 32.7. The van der Waals surface area contributed by atoms with Gasteiger partial charge in [-0.15, -0.1) is 0 Å². The molecule has 6 atom stereocenters. The van der Waals surface area contributed by atoms with Crippen molar-refractivity contribution >= 4 is 22.1 Å². The number of esters is 2. The molecule has 0 spiro atoms. The van der Waals surface area contributed by atoms with Gasteiger partial charge in [0.15, 0.2) is 12.4 Å². The maximum atomic E-state index is 12.8. The molecule has 0 saturated carbocycles. The number of aliphatic hydroxyl groups excluding tert-OH is 3. The SMILES string of the molecule is CCCCC/C=C/C/C=C/CCCCCCCC(=O)OCC(COC1OC(CS(=O)(=O)O)C(O)C(O)C1O)OC(=O)CCCCCCC/C=C/C/C=C/CCCCC. The van der Waals surface area contributed by atoms with Gasteiger partial charge >= 0.3 is 11.9 Å². The molecule has 1 heterocycles. The molecule has 0 aromatic heterocycles. The van der Waals surface area contributed by atoms with Gasteiger partial charge in [0.1, 0.15) is 36.8 Å². The molecule has 1 saturated heterocycles. The fraction of sp³-hybridized carbons (Fsp3) is 0.778. The third-order valence-electron chi connectivity index (χ3n) is 9.88. The Morgan fingerprint density at radius 3 is 1.52 bits per heavy atom. The smallest absolute Gasteiger partial charge is 0.306 e. The molecule has 58 heavy (non-hydrogen) atoms. The Balaban J connectivity index is 2.49. The van der Waals surface area contributed by atoms with Crippen LogP contribution in [0.3, 0.4) is 0 Å². The topological polar surface area (TPSA) is 186 Å². The number of hydrogen-bond donors (Lipinski definition) is 4. The number of hydrogen-bond acceptors (Lipinski definition) is 11. The van der Waals surface area contributed by atoms with E-state index in [1.54, 1.807) is 0 Å². The first-order valence-electron chi connectivity index (χ1n) is 22.2. The average molecular weight is 843 g/mol. The molecule has 0 aromatic carbocycles. The number of rotatable bonds is 36. The van der Waals surface area contributed by atoms with Crippen molar-refractivity contribution in [3.63, 3.8) is 0 Å². The Labute approximate surface area is 350 Å². The van der Waals surface area contributed by atoms with E-state index in [4.69, 9.17) is 18.9 Å².